The van der Waals surface area contributed by atoms with Gasteiger partial charge < -0.3 is 19.3 Å². The monoisotopic (exact) mass is 458 g/mol. The topological polar surface area (TPSA) is 65.9 Å². The van der Waals surface area contributed by atoms with E-state index in [9.17, 15) is 14.4 Å². The zero-order valence-corrected chi connectivity index (χ0v) is 21.1. The second kappa shape index (κ2) is 11.8. The van der Waals surface area contributed by atoms with Crippen molar-refractivity contribution in [1.82, 2.24) is 19.3 Å². The summed E-state index contributed by atoms with van der Waals surface area (Å²) in [7, 11) is 0. The second-order valence-electron chi connectivity index (χ2n) is 9.48. The lowest BCUT2D eigenvalue weighted by molar-refractivity contribution is -0.136. The molecule has 1 atom stereocenters. The third-order valence-corrected chi connectivity index (χ3v) is 7.40. The van der Waals surface area contributed by atoms with E-state index in [2.05, 4.69) is 9.47 Å². The molecule has 3 heterocycles. The molecule has 2 fully saturated rings. The van der Waals surface area contributed by atoms with Gasteiger partial charge in [0, 0.05) is 56.7 Å². The van der Waals surface area contributed by atoms with Gasteiger partial charge in [-0.25, -0.2) is 0 Å². The molecular formula is C26H42N4O3. The third kappa shape index (κ3) is 5.86. The van der Waals surface area contributed by atoms with Gasteiger partial charge in [0.05, 0.1) is 5.92 Å². The minimum absolute atomic E-state index is 0.121. The molecule has 2 aliphatic rings. The van der Waals surface area contributed by atoms with Crippen LogP contribution in [0.15, 0.2) is 10.9 Å². The maximum absolute atomic E-state index is 13.6. The van der Waals surface area contributed by atoms with E-state index >= 15 is 0 Å². The summed E-state index contributed by atoms with van der Waals surface area (Å²) in [5.41, 5.74) is 1.86. The van der Waals surface area contributed by atoms with Gasteiger partial charge in [0.25, 0.3) is 5.91 Å². The van der Waals surface area contributed by atoms with Gasteiger partial charge in [0.2, 0.25) is 5.91 Å². The van der Waals surface area contributed by atoms with Crippen LogP contribution in [0, 0.1) is 12.8 Å². The molecule has 0 unspecified atom stereocenters. The van der Waals surface area contributed by atoms with Gasteiger partial charge in [0.15, 0.2) is 5.43 Å². The standard InChI is InChI=1S/C26H42N4O3/c1-5-22-24(23(31)18-20(4)30(22)17-16-27-13-9-8-10-14-27)26(33)29-15-11-12-21(19-29)25(32)28(6-2)7-3/h18,21H,5-17,19H2,1-4H3/t21-/m0/s1. The first-order chi connectivity index (χ1) is 15.9. The predicted molar refractivity (Wildman–Crippen MR) is 132 cm³/mol. The van der Waals surface area contributed by atoms with Crippen molar-refractivity contribution in [3.8, 4) is 0 Å². The van der Waals surface area contributed by atoms with Crippen LogP contribution in [0.2, 0.25) is 0 Å². The molecule has 1 aromatic heterocycles. The number of pyridine rings is 1. The first kappa shape index (κ1) is 25.5. The number of aryl methyl sites for hydroxylation is 1. The Morgan fingerprint density at radius 1 is 1.00 bits per heavy atom. The molecule has 0 aromatic carbocycles. The van der Waals surface area contributed by atoms with Gasteiger partial charge in [0.1, 0.15) is 5.56 Å². The molecule has 7 heteroatoms. The van der Waals surface area contributed by atoms with E-state index in [1.54, 1.807) is 11.0 Å². The molecule has 2 saturated heterocycles. The zero-order chi connectivity index (χ0) is 24.0. The lowest BCUT2D eigenvalue weighted by Crippen LogP contribution is -2.48. The highest BCUT2D eigenvalue weighted by molar-refractivity contribution is 5.95. The van der Waals surface area contributed by atoms with E-state index in [4.69, 9.17) is 0 Å². The van der Waals surface area contributed by atoms with Gasteiger partial charge in [-0.3, -0.25) is 14.4 Å². The van der Waals surface area contributed by atoms with Gasteiger partial charge in [-0.1, -0.05) is 13.3 Å². The van der Waals surface area contributed by atoms with E-state index in [-0.39, 0.29) is 23.2 Å². The highest BCUT2D eigenvalue weighted by atomic mass is 16.2. The fraction of sp³-hybridized carbons (Fsp3) is 0.731. The van der Waals surface area contributed by atoms with Crippen LogP contribution in [0.3, 0.4) is 0 Å². The maximum Gasteiger partial charge on any atom is 0.259 e. The number of amides is 2. The summed E-state index contributed by atoms with van der Waals surface area (Å²) in [6.07, 6.45) is 6.02. The largest absolute Gasteiger partial charge is 0.347 e. The van der Waals surface area contributed by atoms with E-state index in [1.807, 2.05) is 32.6 Å². The molecule has 0 aliphatic carbocycles. The fourth-order valence-electron chi connectivity index (χ4n) is 5.48. The Morgan fingerprint density at radius 2 is 1.70 bits per heavy atom. The van der Waals surface area contributed by atoms with Gasteiger partial charge in [-0.05, 0) is 66.0 Å². The Labute approximate surface area is 198 Å². The Kier molecular flexibility index (Phi) is 9.12. The van der Waals surface area contributed by atoms with Crippen LogP contribution in [0.5, 0.6) is 0 Å². The number of carbonyl (C=O) groups is 2. The number of hydrogen-bond donors (Lipinski definition) is 0. The third-order valence-electron chi connectivity index (χ3n) is 7.40. The summed E-state index contributed by atoms with van der Waals surface area (Å²) in [5.74, 6) is -0.267. The second-order valence-corrected chi connectivity index (χ2v) is 9.48. The molecule has 0 spiro atoms. The van der Waals surface area contributed by atoms with Crippen LogP contribution < -0.4 is 5.43 Å². The molecule has 0 saturated carbocycles. The van der Waals surface area contributed by atoms with Gasteiger partial charge >= 0.3 is 0 Å². The molecule has 0 bridgehead atoms. The van der Waals surface area contributed by atoms with Crippen LogP contribution in [0.4, 0.5) is 0 Å². The summed E-state index contributed by atoms with van der Waals surface area (Å²) in [4.78, 5) is 45.6. The Hall–Kier alpha value is -2.15. The summed E-state index contributed by atoms with van der Waals surface area (Å²) in [6.45, 7) is 14.3. The summed E-state index contributed by atoms with van der Waals surface area (Å²) in [6, 6.07) is 1.62. The van der Waals surface area contributed by atoms with Crippen molar-refractivity contribution in [2.75, 3.05) is 45.8 Å². The fourth-order valence-corrected chi connectivity index (χ4v) is 5.48. The van der Waals surface area contributed by atoms with Crippen LogP contribution in [0.25, 0.3) is 0 Å². The Balaban J connectivity index is 1.82. The van der Waals surface area contributed by atoms with Crippen molar-refractivity contribution in [3.05, 3.63) is 33.2 Å². The lowest BCUT2D eigenvalue weighted by Gasteiger charge is -2.35. The molecule has 184 valence electrons. The van der Waals surface area contributed by atoms with Gasteiger partial charge in [-0.2, -0.15) is 0 Å². The highest BCUT2D eigenvalue weighted by Crippen LogP contribution is 2.22. The van der Waals surface area contributed by atoms with Crippen LogP contribution in [-0.4, -0.2) is 76.9 Å². The van der Waals surface area contributed by atoms with E-state index < -0.39 is 0 Å². The number of rotatable bonds is 8. The minimum atomic E-state index is -0.208. The Bertz CT molecular complexity index is 884. The maximum atomic E-state index is 13.6. The minimum Gasteiger partial charge on any atom is -0.347 e. The molecule has 0 radical (unpaired) electrons. The predicted octanol–water partition coefficient (Wildman–Crippen LogP) is 2.93. The smallest absolute Gasteiger partial charge is 0.259 e. The number of hydrogen-bond acceptors (Lipinski definition) is 4. The van der Waals surface area contributed by atoms with Crippen molar-refractivity contribution in [2.45, 2.75) is 72.8 Å². The average Bonchev–Trinajstić information content (AvgIpc) is 2.84. The first-order valence-electron chi connectivity index (χ1n) is 12.9. The van der Waals surface area contributed by atoms with Crippen LogP contribution >= 0.6 is 0 Å². The van der Waals surface area contributed by atoms with Crippen molar-refractivity contribution in [3.63, 3.8) is 0 Å². The van der Waals surface area contributed by atoms with Crippen molar-refractivity contribution in [1.29, 1.82) is 0 Å². The number of piperidine rings is 2. The number of nitrogens with zero attached hydrogens (tertiary/aromatic N) is 4. The molecular weight excluding hydrogens is 416 g/mol. The summed E-state index contributed by atoms with van der Waals surface area (Å²) >= 11 is 0. The van der Waals surface area contributed by atoms with Gasteiger partial charge in [-0.15, -0.1) is 0 Å². The average molecular weight is 459 g/mol. The molecule has 2 aliphatic heterocycles. The van der Waals surface area contributed by atoms with Crippen LogP contribution in [0.1, 0.15) is 74.6 Å². The van der Waals surface area contributed by atoms with E-state index in [1.165, 1.54) is 19.3 Å². The molecule has 0 N–H and O–H groups in total. The number of likely N-dealkylation sites (tertiary alicyclic amines) is 2. The van der Waals surface area contributed by atoms with E-state index in [0.29, 0.717) is 38.2 Å². The summed E-state index contributed by atoms with van der Waals surface area (Å²) < 4.78 is 2.17. The molecule has 1 aromatic rings. The van der Waals surface area contributed by atoms with Crippen molar-refractivity contribution >= 4 is 11.8 Å². The van der Waals surface area contributed by atoms with Crippen molar-refractivity contribution < 1.29 is 9.59 Å². The molecule has 33 heavy (non-hydrogen) atoms. The normalized spacial score (nSPS) is 19.5. The number of carbonyl (C=O) groups excluding carboxylic acids is 2. The molecule has 2 amide bonds. The van der Waals surface area contributed by atoms with Crippen molar-refractivity contribution in [2.24, 2.45) is 5.92 Å². The van der Waals surface area contributed by atoms with Crippen LogP contribution in [-0.2, 0) is 17.8 Å². The highest BCUT2D eigenvalue weighted by Gasteiger charge is 2.33. The number of aromatic nitrogens is 1. The Morgan fingerprint density at radius 3 is 2.33 bits per heavy atom. The van der Waals surface area contributed by atoms with E-state index in [0.717, 1.165) is 50.4 Å². The molecule has 7 nitrogen and oxygen atoms in total. The SMILES string of the molecule is CCc1c(C(=O)N2CCC[C@H](C(=O)N(CC)CC)C2)c(=O)cc(C)n1CCN1CCCCC1. The first-order valence-corrected chi connectivity index (χ1v) is 12.9. The molecule has 3 rings (SSSR count). The zero-order valence-electron chi connectivity index (χ0n) is 21.1. The lowest BCUT2D eigenvalue weighted by atomic mass is 9.95. The quantitative estimate of drug-likeness (QED) is 0.601. The summed E-state index contributed by atoms with van der Waals surface area (Å²) in [5, 5.41) is 0.